The van der Waals surface area contributed by atoms with E-state index in [2.05, 4.69) is 30.3 Å². The van der Waals surface area contributed by atoms with Gasteiger partial charge in [-0.05, 0) is 25.0 Å². The molecule has 140 valence electrons. The molecule has 0 spiro atoms. The lowest BCUT2D eigenvalue weighted by Crippen LogP contribution is -2.27. The Kier molecular flexibility index (Phi) is 4.82. The van der Waals surface area contributed by atoms with Gasteiger partial charge in [0.05, 0.1) is 20.1 Å². The first-order valence-electron chi connectivity index (χ1n) is 8.87. The molecule has 1 N–H and O–H groups in total. The Balaban J connectivity index is 1.43. The van der Waals surface area contributed by atoms with Gasteiger partial charge < -0.3 is 19.5 Å². The molecule has 0 aliphatic carbocycles. The van der Waals surface area contributed by atoms with Crippen LogP contribution in [0.15, 0.2) is 28.8 Å². The Labute approximate surface area is 155 Å². The Morgan fingerprint density at radius 2 is 2.04 bits per heavy atom. The van der Waals surface area contributed by atoms with E-state index in [-0.39, 0.29) is 24.9 Å². The molecule has 9 nitrogen and oxygen atoms in total. The van der Waals surface area contributed by atoms with Gasteiger partial charge in [-0.2, -0.15) is 15.0 Å². The fraction of sp³-hybridized carbons (Fsp3) is 0.389. The number of carbonyl (C=O) groups is 1. The standard InChI is InChI=1S/C18H20N6O3/c1-26-18-21-15(20-17(22-18)24-8-4-5-9-24)11-19-16(25)10-13-12-6-2-3-7-14(12)27-23-13/h2-3,6-7H,4-5,8-11H2,1H3,(H,19,25). The molecule has 1 aliphatic rings. The van der Waals surface area contributed by atoms with Crippen molar-refractivity contribution in [2.75, 3.05) is 25.1 Å². The largest absolute Gasteiger partial charge is 0.467 e. The van der Waals surface area contributed by atoms with E-state index < -0.39 is 0 Å². The minimum absolute atomic E-state index is 0.123. The minimum Gasteiger partial charge on any atom is -0.467 e. The second-order valence-electron chi connectivity index (χ2n) is 6.31. The number of hydrogen-bond acceptors (Lipinski definition) is 8. The van der Waals surface area contributed by atoms with E-state index in [4.69, 9.17) is 9.26 Å². The van der Waals surface area contributed by atoms with E-state index in [9.17, 15) is 4.79 Å². The van der Waals surface area contributed by atoms with Crippen molar-refractivity contribution >= 4 is 22.8 Å². The Morgan fingerprint density at radius 1 is 1.22 bits per heavy atom. The van der Waals surface area contributed by atoms with Gasteiger partial charge in [0.25, 0.3) is 0 Å². The van der Waals surface area contributed by atoms with E-state index in [1.54, 1.807) is 0 Å². The summed E-state index contributed by atoms with van der Waals surface area (Å²) in [6.07, 6.45) is 2.36. The van der Waals surface area contributed by atoms with Crippen molar-refractivity contribution in [2.45, 2.75) is 25.8 Å². The second kappa shape index (κ2) is 7.56. The molecule has 1 aromatic carbocycles. The monoisotopic (exact) mass is 368 g/mol. The summed E-state index contributed by atoms with van der Waals surface area (Å²) in [5, 5.41) is 7.64. The fourth-order valence-electron chi connectivity index (χ4n) is 3.07. The third kappa shape index (κ3) is 3.81. The molecule has 3 aromatic rings. The summed E-state index contributed by atoms with van der Waals surface area (Å²) >= 11 is 0. The number of methoxy groups -OCH3 is 1. The van der Waals surface area contributed by atoms with Crippen molar-refractivity contribution in [2.24, 2.45) is 0 Å². The summed E-state index contributed by atoms with van der Waals surface area (Å²) in [6.45, 7) is 2.02. The molecule has 4 rings (SSSR count). The molecule has 2 aromatic heterocycles. The van der Waals surface area contributed by atoms with Crippen LogP contribution >= 0.6 is 0 Å². The summed E-state index contributed by atoms with van der Waals surface area (Å²) < 4.78 is 10.4. The van der Waals surface area contributed by atoms with E-state index in [1.165, 1.54) is 7.11 Å². The molecule has 0 saturated carbocycles. The zero-order chi connectivity index (χ0) is 18.6. The first kappa shape index (κ1) is 17.2. The maximum absolute atomic E-state index is 12.3. The van der Waals surface area contributed by atoms with Gasteiger partial charge in [-0.15, -0.1) is 0 Å². The number of ether oxygens (including phenoxy) is 1. The van der Waals surface area contributed by atoms with E-state index in [1.807, 2.05) is 24.3 Å². The van der Waals surface area contributed by atoms with Gasteiger partial charge in [0, 0.05) is 18.5 Å². The molecule has 1 saturated heterocycles. The summed E-state index contributed by atoms with van der Waals surface area (Å²) in [5.74, 6) is 0.865. The lowest BCUT2D eigenvalue weighted by atomic mass is 10.1. The third-order valence-electron chi connectivity index (χ3n) is 4.44. The Morgan fingerprint density at radius 3 is 2.85 bits per heavy atom. The predicted octanol–water partition coefficient (Wildman–Crippen LogP) is 1.48. The molecule has 1 fully saturated rings. The van der Waals surface area contributed by atoms with Crippen molar-refractivity contribution < 1.29 is 14.1 Å². The number of carbonyl (C=O) groups excluding carboxylic acids is 1. The SMILES string of the molecule is COc1nc(CNC(=O)Cc2noc3ccccc23)nc(N2CCCC2)n1. The van der Waals surface area contributed by atoms with Gasteiger partial charge in [-0.25, -0.2) is 0 Å². The van der Waals surface area contributed by atoms with E-state index >= 15 is 0 Å². The maximum Gasteiger partial charge on any atom is 0.321 e. The molecule has 0 bridgehead atoms. The maximum atomic E-state index is 12.3. The zero-order valence-electron chi connectivity index (χ0n) is 15.0. The fourth-order valence-corrected chi connectivity index (χ4v) is 3.07. The zero-order valence-corrected chi connectivity index (χ0v) is 15.0. The molecule has 0 atom stereocenters. The summed E-state index contributed by atoms with van der Waals surface area (Å²) in [4.78, 5) is 27.4. The van der Waals surface area contributed by atoms with Crippen molar-refractivity contribution in [3.05, 3.63) is 35.8 Å². The summed E-state index contributed by atoms with van der Waals surface area (Å²) in [5.41, 5.74) is 1.27. The predicted molar refractivity (Wildman–Crippen MR) is 97.4 cm³/mol. The highest BCUT2D eigenvalue weighted by Crippen LogP contribution is 2.19. The highest BCUT2D eigenvalue weighted by molar-refractivity contribution is 5.86. The van der Waals surface area contributed by atoms with Crippen LogP contribution in [0.1, 0.15) is 24.4 Å². The third-order valence-corrected chi connectivity index (χ3v) is 4.44. The quantitative estimate of drug-likeness (QED) is 0.697. The average Bonchev–Trinajstić information content (AvgIpc) is 3.37. The van der Waals surface area contributed by atoms with Crippen LogP contribution in [-0.4, -0.2) is 46.2 Å². The molecule has 0 radical (unpaired) electrons. The Bertz CT molecular complexity index is 951. The van der Waals surface area contributed by atoms with Gasteiger partial charge in [-0.3, -0.25) is 4.79 Å². The molecular weight excluding hydrogens is 348 g/mol. The number of benzene rings is 1. The number of hydrogen-bond donors (Lipinski definition) is 1. The summed E-state index contributed by atoms with van der Waals surface area (Å²) in [6, 6.07) is 7.70. The molecule has 3 heterocycles. The first-order chi connectivity index (χ1) is 13.2. The number of nitrogens with one attached hydrogen (secondary N) is 1. The van der Waals surface area contributed by atoms with Crippen molar-refractivity contribution in [1.82, 2.24) is 25.4 Å². The van der Waals surface area contributed by atoms with E-state index in [0.29, 0.717) is 23.0 Å². The molecule has 0 unspecified atom stereocenters. The van der Waals surface area contributed by atoms with Crippen LogP contribution < -0.4 is 15.0 Å². The number of amides is 1. The van der Waals surface area contributed by atoms with Gasteiger partial charge in [-0.1, -0.05) is 17.3 Å². The van der Waals surface area contributed by atoms with Crippen LogP contribution in [0.2, 0.25) is 0 Å². The lowest BCUT2D eigenvalue weighted by molar-refractivity contribution is -0.120. The smallest absolute Gasteiger partial charge is 0.321 e. The molecule has 1 aliphatic heterocycles. The molecule has 9 heteroatoms. The molecular formula is C18H20N6O3. The van der Waals surface area contributed by atoms with Crippen LogP contribution in [0.4, 0.5) is 5.95 Å². The highest BCUT2D eigenvalue weighted by Gasteiger charge is 2.18. The van der Waals surface area contributed by atoms with Gasteiger partial charge in [0.2, 0.25) is 11.9 Å². The van der Waals surface area contributed by atoms with Crippen LogP contribution in [0.25, 0.3) is 11.0 Å². The number of anilines is 1. The van der Waals surface area contributed by atoms with E-state index in [0.717, 1.165) is 31.3 Å². The highest BCUT2D eigenvalue weighted by atomic mass is 16.5. The minimum atomic E-state index is -0.184. The van der Waals surface area contributed by atoms with Crippen LogP contribution in [0, 0.1) is 0 Å². The number of nitrogens with zero attached hydrogens (tertiary/aromatic N) is 5. The van der Waals surface area contributed by atoms with Gasteiger partial charge in [0.15, 0.2) is 11.4 Å². The normalized spacial score (nSPS) is 13.9. The van der Waals surface area contributed by atoms with Crippen LogP contribution in [-0.2, 0) is 17.8 Å². The summed E-state index contributed by atoms with van der Waals surface area (Å²) in [7, 11) is 1.52. The lowest BCUT2D eigenvalue weighted by Gasteiger charge is -2.16. The first-order valence-corrected chi connectivity index (χ1v) is 8.87. The number of aromatic nitrogens is 4. The molecule has 27 heavy (non-hydrogen) atoms. The number of rotatable bonds is 6. The number of fused-ring (bicyclic) bond motifs is 1. The average molecular weight is 368 g/mol. The van der Waals surface area contributed by atoms with Crippen molar-refractivity contribution in [3.63, 3.8) is 0 Å². The van der Waals surface area contributed by atoms with Crippen LogP contribution in [0.3, 0.4) is 0 Å². The Hall–Kier alpha value is -3.23. The van der Waals surface area contributed by atoms with Gasteiger partial charge in [0.1, 0.15) is 5.69 Å². The van der Waals surface area contributed by atoms with Crippen molar-refractivity contribution in [3.8, 4) is 6.01 Å². The second-order valence-corrected chi connectivity index (χ2v) is 6.31. The van der Waals surface area contributed by atoms with Crippen LogP contribution in [0.5, 0.6) is 6.01 Å². The molecule has 1 amide bonds. The number of para-hydroxylation sites is 1. The van der Waals surface area contributed by atoms with Crippen molar-refractivity contribution in [1.29, 1.82) is 0 Å². The topological polar surface area (TPSA) is 106 Å². The van der Waals surface area contributed by atoms with Gasteiger partial charge >= 0.3 is 6.01 Å².